The highest BCUT2D eigenvalue weighted by atomic mass is 32.1. The van der Waals surface area contributed by atoms with Crippen LogP contribution in [0.25, 0.3) is 0 Å². The Hall–Kier alpha value is -3.01. The van der Waals surface area contributed by atoms with Crippen LogP contribution >= 0.6 is 11.3 Å². The molecule has 0 atom stereocenters. The zero-order valence-electron chi connectivity index (χ0n) is 21.3. The van der Waals surface area contributed by atoms with Crippen molar-refractivity contribution in [1.82, 2.24) is 4.90 Å². The summed E-state index contributed by atoms with van der Waals surface area (Å²) in [6.07, 6.45) is 1.96. The molecule has 35 heavy (non-hydrogen) atoms. The lowest BCUT2D eigenvalue weighted by atomic mass is 10.0. The van der Waals surface area contributed by atoms with Gasteiger partial charge in [0.2, 0.25) is 0 Å². The molecule has 0 fully saturated rings. The highest BCUT2D eigenvalue weighted by Crippen LogP contribution is 2.32. The molecule has 4 rings (SSSR count). The number of hydrogen-bond acceptors (Lipinski definition) is 5. The summed E-state index contributed by atoms with van der Waals surface area (Å²) in [4.78, 5) is 15.9. The molecule has 0 unspecified atom stereocenters. The van der Waals surface area contributed by atoms with Crippen LogP contribution in [0, 0.1) is 31.0 Å². The summed E-state index contributed by atoms with van der Waals surface area (Å²) in [7, 11) is 0. The molecule has 4 nitrogen and oxygen atoms in total. The van der Waals surface area contributed by atoms with Crippen LogP contribution in [0.4, 0.5) is 4.39 Å². The Labute approximate surface area is 212 Å². The quantitative estimate of drug-likeness (QED) is 0.420. The number of Topliss-reactive ketones (excluding diaryl/α,β-unsaturated/α-hetero) is 1. The van der Waals surface area contributed by atoms with Gasteiger partial charge in [0.15, 0.2) is 0 Å². The number of halogens is 1. The van der Waals surface area contributed by atoms with Gasteiger partial charge in [0.05, 0.1) is 5.56 Å². The number of carbonyl (C=O) groups is 1. The van der Waals surface area contributed by atoms with E-state index < -0.39 is 0 Å². The Morgan fingerprint density at radius 1 is 1.20 bits per heavy atom. The number of fused-ring (bicyclic) bond motifs is 1. The van der Waals surface area contributed by atoms with E-state index in [4.69, 9.17) is 0 Å². The summed E-state index contributed by atoms with van der Waals surface area (Å²) in [5.74, 6) is 0.277. The standard InChI is InChI=1S/C16H15FN2S.C11H14O2.C2H6/c1-11-14(8-18)15-10-19(6-5-16(15)20-11)9-12-3-2-4-13(17)7-12;1-3-10(12)7-9-5-4-6-11(13)8(9)2;1-2/h2-4,7H,5-6,9-10H2,1H3;4-6,13H,3,7H2,1-2H3;1-2H3. The number of phenols is 1. The molecular formula is C29H35FN2O2S. The maximum Gasteiger partial charge on any atom is 0.137 e. The number of nitrogens with zero attached hydrogens (tertiary/aromatic N) is 2. The number of thiophene rings is 1. The molecule has 0 saturated heterocycles. The Bertz CT molecular complexity index is 1180. The van der Waals surface area contributed by atoms with Gasteiger partial charge in [-0.3, -0.25) is 9.69 Å². The van der Waals surface area contributed by atoms with E-state index in [2.05, 4.69) is 11.0 Å². The van der Waals surface area contributed by atoms with Crippen LogP contribution in [0.5, 0.6) is 5.75 Å². The van der Waals surface area contributed by atoms with E-state index in [9.17, 15) is 19.6 Å². The monoisotopic (exact) mass is 494 g/mol. The first-order valence-corrected chi connectivity index (χ1v) is 12.9. The number of benzene rings is 2. The van der Waals surface area contributed by atoms with E-state index in [-0.39, 0.29) is 17.3 Å². The second-order valence-electron chi connectivity index (χ2n) is 8.27. The number of hydrogen-bond donors (Lipinski definition) is 1. The molecule has 6 heteroatoms. The molecule has 186 valence electrons. The Balaban J connectivity index is 0.000000251. The van der Waals surface area contributed by atoms with Crippen molar-refractivity contribution < 1.29 is 14.3 Å². The predicted octanol–water partition coefficient (Wildman–Crippen LogP) is 6.87. The smallest absolute Gasteiger partial charge is 0.137 e. The first-order chi connectivity index (χ1) is 16.8. The predicted molar refractivity (Wildman–Crippen MR) is 141 cm³/mol. The maximum absolute atomic E-state index is 13.2. The van der Waals surface area contributed by atoms with Gasteiger partial charge in [-0.05, 0) is 60.7 Å². The van der Waals surface area contributed by atoms with Crippen LogP contribution in [-0.4, -0.2) is 22.3 Å². The number of nitriles is 1. The van der Waals surface area contributed by atoms with Crippen LogP contribution in [-0.2, 0) is 30.7 Å². The summed E-state index contributed by atoms with van der Waals surface area (Å²) < 4.78 is 13.2. The first-order valence-electron chi connectivity index (χ1n) is 12.1. The van der Waals surface area contributed by atoms with Crippen molar-refractivity contribution in [3.63, 3.8) is 0 Å². The summed E-state index contributed by atoms with van der Waals surface area (Å²) in [5, 5.41) is 18.6. The van der Waals surface area contributed by atoms with Gasteiger partial charge in [0, 0.05) is 42.2 Å². The van der Waals surface area contributed by atoms with E-state index in [0.29, 0.717) is 12.8 Å². The van der Waals surface area contributed by atoms with Crippen molar-refractivity contribution in [1.29, 1.82) is 5.26 Å². The highest BCUT2D eigenvalue weighted by molar-refractivity contribution is 7.12. The van der Waals surface area contributed by atoms with Gasteiger partial charge in [-0.2, -0.15) is 5.26 Å². The lowest BCUT2D eigenvalue weighted by molar-refractivity contribution is -0.118. The van der Waals surface area contributed by atoms with Gasteiger partial charge < -0.3 is 5.11 Å². The topological polar surface area (TPSA) is 64.3 Å². The first kappa shape index (κ1) is 28.2. The lowest BCUT2D eigenvalue weighted by Gasteiger charge is -2.27. The fraction of sp³-hybridized carbons (Fsp3) is 0.379. The molecule has 1 aliphatic rings. The van der Waals surface area contributed by atoms with Crippen molar-refractivity contribution in [3.05, 3.63) is 85.9 Å². The van der Waals surface area contributed by atoms with Gasteiger partial charge in [-0.25, -0.2) is 4.39 Å². The Kier molecular flexibility index (Phi) is 11.1. The molecular weight excluding hydrogens is 459 g/mol. The van der Waals surface area contributed by atoms with Crippen LogP contribution in [0.2, 0.25) is 0 Å². The maximum atomic E-state index is 13.2. The molecule has 0 bridgehead atoms. The number of rotatable bonds is 5. The summed E-state index contributed by atoms with van der Waals surface area (Å²) in [6.45, 7) is 12.2. The van der Waals surface area contributed by atoms with Crippen molar-refractivity contribution in [3.8, 4) is 11.8 Å². The molecule has 0 radical (unpaired) electrons. The number of ketones is 1. The second kappa shape index (κ2) is 13.8. The Morgan fingerprint density at radius 3 is 2.57 bits per heavy atom. The third-order valence-electron chi connectivity index (χ3n) is 5.91. The van der Waals surface area contributed by atoms with Crippen molar-refractivity contribution in [2.24, 2.45) is 0 Å². The molecule has 0 spiro atoms. The van der Waals surface area contributed by atoms with E-state index in [1.165, 1.54) is 16.5 Å². The van der Waals surface area contributed by atoms with E-state index in [0.717, 1.165) is 53.2 Å². The fourth-order valence-corrected chi connectivity index (χ4v) is 5.08. The number of carbonyl (C=O) groups excluding carboxylic acids is 1. The van der Waals surface area contributed by atoms with Crippen molar-refractivity contribution >= 4 is 17.1 Å². The minimum Gasteiger partial charge on any atom is -0.508 e. The minimum absolute atomic E-state index is 0.190. The van der Waals surface area contributed by atoms with Crippen LogP contribution in [0.3, 0.4) is 0 Å². The minimum atomic E-state index is -0.190. The third kappa shape index (κ3) is 7.74. The lowest BCUT2D eigenvalue weighted by Crippen LogP contribution is -2.29. The molecule has 0 amide bonds. The Morgan fingerprint density at radius 2 is 1.91 bits per heavy atom. The number of aromatic hydroxyl groups is 1. The van der Waals surface area contributed by atoms with Gasteiger partial charge >= 0.3 is 0 Å². The van der Waals surface area contributed by atoms with E-state index in [1.807, 2.05) is 46.8 Å². The molecule has 2 heterocycles. The summed E-state index contributed by atoms with van der Waals surface area (Å²) >= 11 is 1.74. The zero-order chi connectivity index (χ0) is 26.0. The van der Waals surface area contributed by atoms with Crippen molar-refractivity contribution in [2.45, 2.75) is 67.0 Å². The third-order valence-corrected chi connectivity index (χ3v) is 7.12. The largest absolute Gasteiger partial charge is 0.508 e. The van der Waals surface area contributed by atoms with Crippen molar-refractivity contribution in [2.75, 3.05) is 6.54 Å². The molecule has 0 saturated carbocycles. The van der Waals surface area contributed by atoms with E-state index in [1.54, 1.807) is 35.6 Å². The molecule has 1 N–H and O–H groups in total. The van der Waals surface area contributed by atoms with Gasteiger partial charge in [0.25, 0.3) is 0 Å². The number of phenolic OH excluding ortho intramolecular Hbond substituents is 1. The van der Waals surface area contributed by atoms with Crippen LogP contribution in [0.1, 0.15) is 64.8 Å². The average molecular weight is 495 g/mol. The second-order valence-corrected chi connectivity index (χ2v) is 9.58. The summed E-state index contributed by atoms with van der Waals surface area (Å²) in [5.41, 5.74) is 4.74. The SMILES string of the molecule is CC.CCC(=O)Cc1cccc(O)c1C.Cc1sc2c(c1C#N)CN(Cc1cccc(F)c1)CC2. The zero-order valence-corrected chi connectivity index (χ0v) is 22.1. The van der Waals surface area contributed by atoms with E-state index >= 15 is 0 Å². The van der Waals surface area contributed by atoms with Crippen LogP contribution in [0.15, 0.2) is 42.5 Å². The average Bonchev–Trinajstić information content (AvgIpc) is 3.17. The molecule has 2 aromatic carbocycles. The normalized spacial score (nSPS) is 12.4. The molecule has 3 aromatic rings. The van der Waals surface area contributed by atoms with Gasteiger partial charge in [-0.1, -0.05) is 45.0 Å². The summed E-state index contributed by atoms with van der Waals surface area (Å²) in [6, 6.07) is 14.3. The fourth-order valence-electron chi connectivity index (χ4n) is 3.95. The van der Waals surface area contributed by atoms with Crippen LogP contribution < -0.4 is 0 Å². The number of aryl methyl sites for hydroxylation is 1. The highest BCUT2D eigenvalue weighted by Gasteiger charge is 2.23. The van der Waals surface area contributed by atoms with Gasteiger partial charge in [0.1, 0.15) is 23.4 Å². The molecule has 1 aliphatic heterocycles. The van der Waals surface area contributed by atoms with Gasteiger partial charge in [-0.15, -0.1) is 11.3 Å². The molecule has 0 aliphatic carbocycles. The molecule has 1 aromatic heterocycles.